The highest BCUT2D eigenvalue weighted by atomic mass is 14.9. The zero-order valence-corrected chi connectivity index (χ0v) is 7.78. The minimum absolute atomic E-state index is 0.706. The SMILES string of the molecule is Cc1c(C#N)cccc1-c1cnc[nH]1. The molecule has 0 unspecified atom stereocenters. The van der Waals surface area contributed by atoms with Crippen molar-refractivity contribution in [2.24, 2.45) is 0 Å². The second kappa shape index (κ2) is 3.35. The van der Waals surface area contributed by atoms with Crippen LogP contribution in [0.3, 0.4) is 0 Å². The van der Waals surface area contributed by atoms with Gasteiger partial charge in [0.25, 0.3) is 0 Å². The van der Waals surface area contributed by atoms with Crippen molar-refractivity contribution in [1.82, 2.24) is 9.97 Å². The summed E-state index contributed by atoms with van der Waals surface area (Å²) in [5, 5.41) is 8.86. The molecule has 0 fully saturated rings. The lowest BCUT2D eigenvalue weighted by molar-refractivity contribution is 1.30. The number of nitrogens with one attached hydrogen (secondary N) is 1. The number of nitriles is 1. The van der Waals surface area contributed by atoms with Crippen LogP contribution in [-0.4, -0.2) is 9.97 Å². The van der Waals surface area contributed by atoms with Gasteiger partial charge in [0.1, 0.15) is 0 Å². The molecule has 0 aliphatic heterocycles. The molecule has 3 heteroatoms. The maximum atomic E-state index is 8.86. The smallest absolute Gasteiger partial charge is 0.0994 e. The standard InChI is InChI=1S/C11H9N3/c1-8-9(5-12)3-2-4-10(8)11-6-13-7-14-11/h2-4,6-7H,1H3,(H,13,14). The molecule has 68 valence electrons. The van der Waals surface area contributed by atoms with Crippen LogP contribution < -0.4 is 0 Å². The molecule has 0 aliphatic rings. The lowest BCUT2D eigenvalue weighted by Gasteiger charge is -2.03. The third kappa shape index (κ3) is 1.27. The summed E-state index contributed by atoms with van der Waals surface area (Å²) in [6, 6.07) is 7.83. The highest BCUT2D eigenvalue weighted by Crippen LogP contribution is 2.22. The van der Waals surface area contributed by atoms with Crippen LogP contribution in [-0.2, 0) is 0 Å². The molecule has 0 bridgehead atoms. The van der Waals surface area contributed by atoms with Crippen LogP contribution in [0.4, 0.5) is 0 Å². The van der Waals surface area contributed by atoms with E-state index in [0.717, 1.165) is 16.8 Å². The zero-order valence-electron chi connectivity index (χ0n) is 7.78. The van der Waals surface area contributed by atoms with Gasteiger partial charge in [-0.15, -0.1) is 0 Å². The van der Waals surface area contributed by atoms with Crippen LogP contribution >= 0.6 is 0 Å². The minimum Gasteiger partial charge on any atom is -0.345 e. The van der Waals surface area contributed by atoms with Crippen LogP contribution in [0.5, 0.6) is 0 Å². The third-order valence-electron chi connectivity index (χ3n) is 2.24. The average molecular weight is 183 g/mol. The van der Waals surface area contributed by atoms with Crippen molar-refractivity contribution >= 4 is 0 Å². The third-order valence-corrected chi connectivity index (χ3v) is 2.24. The van der Waals surface area contributed by atoms with E-state index in [4.69, 9.17) is 5.26 Å². The Kier molecular flexibility index (Phi) is 2.04. The topological polar surface area (TPSA) is 52.5 Å². The summed E-state index contributed by atoms with van der Waals surface area (Å²) in [5.74, 6) is 0. The van der Waals surface area contributed by atoms with Crippen LogP contribution in [0.1, 0.15) is 11.1 Å². The van der Waals surface area contributed by atoms with Gasteiger partial charge in [0.05, 0.1) is 29.9 Å². The first-order chi connectivity index (χ1) is 6.83. The van der Waals surface area contributed by atoms with E-state index >= 15 is 0 Å². The van der Waals surface area contributed by atoms with Gasteiger partial charge in [-0.1, -0.05) is 12.1 Å². The molecule has 1 aromatic heterocycles. The predicted octanol–water partition coefficient (Wildman–Crippen LogP) is 2.26. The van der Waals surface area contributed by atoms with Crippen molar-refractivity contribution in [3.8, 4) is 17.3 Å². The van der Waals surface area contributed by atoms with Crippen LogP contribution in [0.2, 0.25) is 0 Å². The quantitative estimate of drug-likeness (QED) is 0.737. The largest absolute Gasteiger partial charge is 0.345 e. The van der Waals surface area contributed by atoms with Gasteiger partial charge in [-0.25, -0.2) is 4.98 Å². The van der Waals surface area contributed by atoms with E-state index in [-0.39, 0.29) is 0 Å². The van der Waals surface area contributed by atoms with Crippen LogP contribution in [0, 0.1) is 18.3 Å². The van der Waals surface area contributed by atoms with Gasteiger partial charge in [-0.3, -0.25) is 0 Å². The first-order valence-electron chi connectivity index (χ1n) is 4.31. The molecule has 3 nitrogen and oxygen atoms in total. The number of hydrogen-bond acceptors (Lipinski definition) is 2. The van der Waals surface area contributed by atoms with Gasteiger partial charge < -0.3 is 4.98 Å². The van der Waals surface area contributed by atoms with Crippen molar-refractivity contribution in [3.05, 3.63) is 41.9 Å². The average Bonchev–Trinajstić information content (AvgIpc) is 2.71. The van der Waals surface area contributed by atoms with Gasteiger partial charge in [0.2, 0.25) is 0 Å². The molecule has 0 atom stereocenters. The maximum Gasteiger partial charge on any atom is 0.0994 e. The number of nitrogens with zero attached hydrogens (tertiary/aromatic N) is 2. The fourth-order valence-electron chi connectivity index (χ4n) is 1.45. The molecule has 0 aliphatic carbocycles. The number of aromatic amines is 1. The van der Waals surface area contributed by atoms with E-state index in [1.54, 1.807) is 12.5 Å². The number of H-pyrrole nitrogens is 1. The van der Waals surface area contributed by atoms with Gasteiger partial charge in [0.15, 0.2) is 0 Å². The second-order valence-electron chi connectivity index (χ2n) is 3.06. The molecule has 2 rings (SSSR count). The van der Waals surface area contributed by atoms with Gasteiger partial charge in [-0.05, 0) is 18.6 Å². The molecular weight excluding hydrogens is 174 g/mol. The summed E-state index contributed by atoms with van der Waals surface area (Å²) in [7, 11) is 0. The number of benzene rings is 1. The normalized spacial score (nSPS) is 9.71. The molecule has 0 spiro atoms. The molecule has 1 N–H and O–H groups in total. The summed E-state index contributed by atoms with van der Waals surface area (Å²) < 4.78 is 0. The zero-order chi connectivity index (χ0) is 9.97. The molecule has 2 aromatic rings. The van der Waals surface area contributed by atoms with Gasteiger partial charge in [0, 0.05) is 5.56 Å². The Morgan fingerprint density at radius 3 is 2.93 bits per heavy atom. The fourth-order valence-corrected chi connectivity index (χ4v) is 1.45. The van der Waals surface area contributed by atoms with Crippen LogP contribution in [0.25, 0.3) is 11.3 Å². The van der Waals surface area contributed by atoms with Crippen molar-refractivity contribution in [2.45, 2.75) is 6.92 Å². The Bertz CT molecular complexity index is 478. The van der Waals surface area contributed by atoms with Crippen molar-refractivity contribution in [2.75, 3.05) is 0 Å². The first kappa shape index (κ1) is 8.52. The van der Waals surface area contributed by atoms with E-state index in [1.165, 1.54) is 0 Å². The Morgan fingerprint density at radius 2 is 2.29 bits per heavy atom. The monoisotopic (exact) mass is 183 g/mol. The molecule has 0 saturated carbocycles. The van der Waals surface area contributed by atoms with Crippen molar-refractivity contribution in [3.63, 3.8) is 0 Å². The summed E-state index contributed by atoms with van der Waals surface area (Å²) in [6.07, 6.45) is 3.39. The number of hydrogen-bond donors (Lipinski definition) is 1. The lowest BCUT2D eigenvalue weighted by Crippen LogP contribution is -1.87. The molecule has 0 saturated heterocycles. The van der Waals surface area contributed by atoms with Gasteiger partial charge in [-0.2, -0.15) is 5.26 Å². The maximum absolute atomic E-state index is 8.86. The van der Waals surface area contributed by atoms with E-state index < -0.39 is 0 Å². The molecule has 1 aromatic carbocycles. The van der Waals surface area contributed by atoms with Crippen LogP contribution in [0.15, 0.2) is 30.7 Å². The highest BCUT2D eigenvalue weighted by Gasteiger charge is 2.05. The predicted molar refractivity (Wildman–Crippen MR) is 53.5 cm³/mol. The van der Waals surface area contributed by atoms with E-state index in [1.807, 2.05) is 25.1 Å². The van der Waals surface area contributed by atoms with Gasteiger partial charge >= 0.3 is 0 Å². The van der Waals surface area contributed by atoms with Crippen molar-refractivity contribution < 1.29 is 0 Å². The highest BCUT2D eigenvalue weighted by molar-refractivity contribution is 5.65. The lowest BCUT2D eigenvalue weighted by atomic mass is 10.0. The number of aromatic nitrogens is 2. The summed E-state index contributed by atoms with van der Waals surface area (Å²) in [5.41, 5.74) is 3.66. The van der Waals surface area contributed by atoms with Crippen molar-refractivity contribution in [1.29, 1.82) is 5.26 Å². The Labute approximate surface area is 82.0 Å². The Hall–Kier alpha value is -2.08. The fraction of sp³-hybridized carbons (Fsp3) is 0.0909. The molecular formula is C11H9N3. The van der Waals surface area contributed by atoms with E-state index in [2.05, 4.69) is 16.0 Å². The Morgan fingerprint density at radius 1 is 1.43 bits per heavy atom. The minimum atomic E-state index is 0.706. The molecule has 0 amide bonds. The summed E-state index contributed by atoms with van der Waals surface area (Å²) >= 11 is 0. The molecule has 0 radical (unpaired) electrons. The number of imidazole rings is 1. The summed E-state index contributed by atoms with van der Waals surface area (Å²) in [6.45, 7) is 1.94. The van der Waals surface area contributed by atoms with E-state index in [0.29, 0.717) is 5.56 Å². The summed E-state index contributed by atoms with van der Waals surface area (Å²) in [4.78, 5) is 6.98. The molecule has 1 heterocycles. The first-order valence-corrected chi connectivity index (χ1v) is 4.31. The Balaban J connectivity index is 2.61. The molecule has 14 heavy (non-hydrogen) atoms. The van der Waals surface area contributed by atoms with E-state index in [9.17, 15) is 0 Å². The second-order valence-corrected chi connectivity index (χ2v) is 3.06. The number of rotatable bonds is 1.